The molecule has 4 amide bonds. The Hall–Kier alpha value is -3.35. The Morgan fingerprint density at radius 3 is 2.24 bits per heavy atom. The fraction of sp³-hybridized carbons (Fsp3) is 0.423. The van der Waals surface area contributed by atoms with Gasteiger partial charge >= 0.3 is 6.03 Å². The van der Waals surface area contributed by atoms with E-state index in [0.717, 1.165) is 23.5 Å². The van der Waals surface area contributed by atoms with Crippen LogP contribution in [0.2, 0.25) is 0 Å². The average molecular weight is 450 g/mol. The van der Waals surface area contributed by atoms with Crippen LogP contribution in [0.4, 0.5) is 10.5 Å². The lowest BCUT2D eigenvalue weighted by Crippen LogP contribution is -2.50. The van der Waals surface area contributed by atoms with E-state index in [4.69, 9.17) is 4.74 Å². The van der Waals surface area contributed by atoms with Crippen LogP contribution in [0.15, 0.2) is 54.6 Å². The first-order chi connectivity index (χ1) is 15.7. The van der Waals surface area contributed by atoms with Gasteiger partial charge in [-0.3, -0.25) is 14.5 Å². The number of benzene rings is 2. The Kier molecular flexibility index (Phi) is 6.15. The number of hydrogen-bond donors (Lipinski definition) is 2. The number of imide groups is 1. The van der Waals surface area contributed by atoms with Crippen LogP contribution in [0.3, 0.4) is 0 Å². The van der Waals surface area contributed by atoms with Gasteiger partial charge < -0.3 is 15.4 Å². The first-order valence-electron chi connectivity index (χ1n) is 11.4. The van der Waals surface area contributed by atoms with E-state index in [1.165, 1.54) is 0 Å². The largest absolute Gasteiger partial charge is 0.457 e. The number of amides is 4. The number of para-hydroxylation sites is 1. The smallest absolute Gasteiger partial charge is 0.325 e. The third-order valence-corrected chi connectivity index (χ3v) is 6.73. The van der Waals surface area contributed by atoms with Gasteiger partial charge in [0.1, 0.15) is 23.6 Å². The van der Waals surface area contributed by atoms with E-state index >= 15 is 0 Å². The second-order valence-corrected chi connectivity index (χ2v) is 10.0. The molecule has 1 saturated heterocycles. The van der Waals surface area contributed by atoms with Crippen molar-refractivity contribution in [3.8, 4) is 11.5 Å². The second kappa shape index (κ2) is 8.89. The zero-order valence-electron chi connectivity index (χ0n) is 19.4. The minimum absolute atomic E-state index is 0.175. The van der Waals surface area contributed by atoms with Crippen LogP contribution in [0.1, 0.15) is 46.5 Å². The van der Waals surface area contributed by atoms with Gasteiger partial charge in [0.15, 0.2) is 0 Å². The van der Waals surface area contributed by atoms with Crippen LogP contribution in [0, 0.1) is 11.3 Å². The number of nitrogens with one attached hydrogen (secondary N) is 2. The minimum atomic E-state index is -0.866. The molecule has 1 heterocycles. The zero-order valence-corrected chi connectivity index (χ0v) is 19.4. The van der Waals surface area contributed by atoms with Crippen LogP contribution in [-0.4, -0.2) is 34.8 Å². The monoisotopic (exact) mass is 449 g/mol. The number of nitrogens with zero attached hydrogens (tertiary/aromatic N) is 1. The number of rotatable bonds is 5. The molecule has 7 nitrogen and oxygen atoms in total. The highest BCUT2D eigenvalue weighted by atomic mass is 16.5. The summed E-state index contributed by atoms with van der Waals surface area (Å²) in [5.74, 6) is 1.16. The Bertz CT molecular complexity index is 1020. The van der Waals surface area contributed by atoms with Gasteiger partial charge in [-0.1, -0.05) is 39.0 Å². The first kappa shape index (κ1) is 22.8. The van der Waals surface area contributed by atoms with Crippen LogP contribution >= 0.6 is 0 Å². The van der Waals surface area contributed by atoms with Gasteiger partial charge in [0.2, 0.25) is 5.91 Å². The molecule has 33 heavy (non-hydrogen) atoms. The van der Waals surface area contributed by atoms with Crippen molar-refractivity contribution in [3.63, 3.8) is 0 Å². The number of carbonyl (C=O) groups is 3. The van der Waals surface area contributed by atoms with Crippen molar-refractivity contribution in [2.45, 2.75) is 52.0 Å². The van der Waals surface area contributed by atoms with Gasteiger partial charge in [0, 0.05) is 5.69 Å². The molecule has 2 fully saturated rings. The molecule has 0 radical (unpaired) electrons. The topological polar surface area (TPSA) is 87.7 Å². The first-order valence-corrected chi connectivity index (χ1v) is 11.4. The van der Waals surface area contributed by atoms with Crippen molar-refractivity contribution in [1.82, 2.24) is 10.2 Å². The van der Waals surface area contributed by atoms with Gasteiger partial charge in [-0.25, -0.2) is 4.79 Å². The lowest BCUT2D eigenvalue weighted by atomic mass is 9.67. The van der Waals surface area contributed by atoms with E-state index < -0.39 is 17.5 Å². The molecule has 2 aliphatic rings. The molecule has 7 heteroatoms. The Morgan fingerprint density at radius 2 is 1.64 bits per heavy atom. The van der Waals surface area contributed by atoms with Gasteiger partial charge in [-0.2, -0.15) is 0 Å². The van der Waals surface area contributed by atoms with E-state index in [2.05, 4.69) is 31.4 Å². The highest BCUT2D eigenvalue weighted by Crippen LogP contribution is 2.43. The maximum Gasteiger partial charge on any atom is 0.325 e. The summed E-state index contributed by atoms with van der Waals surface area (Å²) in [7, 11) is 0. The molecule has 2 N–H and O–H groups in total. The summed E-state index contributed by atoms with van der Waals surface area (Å²) < 4.78 is 5.75. The summed E-state index contributed by atoms with van der Waals surface area (Å²) in [6.45, 7) is 6.32. The Morgan fingerprint density at radius 1 is 1.03 bits per heavy atom. The predicted octanol–water partition coefficient (Wildman–Crippen LogP) is 4.94. The van der Waals surface area contributed by atoms with E-state index in [9.17, 15) is 14.4 Å². The van der Waals surface area contributed by atoms with E-state index in [1.807, 2.05) is 30.3 Å². The highest BCUT2D eigenvalue weighted by molar-refractivity contribution is 6.10. The van der Waals surface area contributed by atoms with Crippen LogP contribution in [0.5, 0.6) is 11.5 Å². The number of ether oxygens (including phenoxy) is 1. The quantitative estimate of drug-likeness (QED) is 0.633. The lowest BCUT2D eigenvalue weighted by molar-refractivity contribution is -0.135. The third-order valence-electron chi connectivity index (χ3n) is 6.73. The summed E-state index contributed by atoms with van der Waals surface area (Å²) >= 11 is 0. The number of anilines is 1. The third kappa shape index (κ3) is 5.02. The molecule has 0 unspecified atom stereocenters. The molecule has 1 aliphatic carbocycles. The number of urea groups is 1. The lowest BCUT2D eigenvalue weighted by Gasteiger charge is -2.40. The minimum Gasteiger partial charge on any atom is -0.457 e. The number of hydrogen-bond acceptors (Lipinski definition) is 4. The van der Waals surface area contributed by atoms with Gasteiger partial charge in [-0.15, -0.1) is 0 Å². The fourth-order valence-corrected chi connectivity index (χ4v) is 4.71. The fourth-order valence-electron chi connectivity index (χ4n) is 4.71. The summed E-state index contributed by atoms with van der Waals surface area (Å²) in [6.07, 6.45) is 2.99. The molecule has 2 aromatic carbocycles. The van der Waals surface area contributed by atoms with Crippen molar-refractivity contribution < 1.29 is 19.1 Å². The predicted molar refractivity (Wildman–Crippen MR) is 126 cm³/mol. The summed E-state index contributed by atoms with van der Waals surface area (Å²) in [5, 5.41) is 5.63. The molecule has 1 aliphatic heterocycles. The average Bonchev–Trinajstić information content (AvgIpc) is 2.99. The van der Waals surface area contributed by atoms with E-state index in [0.29, 0.717) is 30.2 Å². The maximum absolute atomic E-state index is 13.1. The van der Waals surface area contributed by atoms with E-state index in [1.54, 1.807) is 24.3 Å². The van der Waals surface area contributed by atoms with Gasteiger partial charge in [0.05, 0.1) is 0 Å². The van der Waals surface area contributed by atoms with Crippen molar-refractivity contribution in [3.05, 3.63) is 54.6 Å². The Balaban J connectivity index is 1.33. The molecular weight excluding hydrogens is 418 g/mol. The Labute approximate surface area is 194 Å². The molecule has 0 bridgehead atoms. The molecule has 0 atom stereocenters. The maximum atomic E-state index is 13.1. The molecule has 0 aromatic heterocycles. The number of carbonyl (C=O) groups excluding carboxylic acids is 3. The highest BCUT2D eigenvalue weighted by Gasteiger charge is 2.53. The van der Waals surface area contributed by atoms with Crippen molar-refractivity contribution in [2.75, 3.05) is 11.9 Å². The molecular formula is C26H31N3O4. The second-order valence-electron chi connectivity index (χ2n) is 10.0. The zero-order chi connectivity index (χ0) is 23.6. The van der Waals surface area contributed by atoms with Crippen LogP contribution < -0.4 is 15.4 Å². The SMILES string of the molecule is CC(C)(C)C1CCC2(CC1)NC(=O)N(CC(=O)Nc1ccc(Oc3ccccc3)cc1)C2=O. The van der Waals surface area contributed by atoms with Crippen molar-refractivity contribution in [1.29, 1.82) is 0 Å². The summed E-state index contributed by atoms with van der Waals surface area (Å²) in [5.41, 5.74) is -0.128. The molecule has 2 aromatic rings. The molecule has 174 valence electrons. The normalized spacial score (nSPS) is 22.9. The van der Waals surface area contributed by atoms with Crippen molar-refractivity contribution >= 4 is 23.5 Å². The molecule has 4 rings (SSSR count). The molecule has 1 saturated carbocycles. The molecule has 1 spiro atoms. The summed E-state index contributed by atoms with van der Waals surface area (Å²) in [6, 6.07) is 15.9. The van der Waals surface area contributed by atoms with Gasteiger partial charge in [0.25, 0.3) is 5.91 Å². The van der Waals surface area contributed by atoms with Crippen LogP contribution in [0.25, 0.3) is 0 Å². The standard InChI is InChI=1S/C26H31N3O4/c1-25(2,3)18-13-15-26(16-14-18)23(31)29(24(32)28-26)17-22(30)27-19-9-11-21(12-10-19)33-20-7-5-4-6-8-20/h4-12,18H,13-17H2,1-3H3,(H,27,30)(H,28,32). The van der Waals surface area contributed by atoms with E-state index in [-0.39, 0.29) is 17.9 Å². The summed E-state index contributed by atoms with van der Waals surface area (Å²) in [4.78, 5) is 39.3. The van der Waals surface area contributed by atoms with Crippen molar-refractivity contribution in [2.24, 2.45) is 11.3 Å². The van der Waals surface area contributed by atoms with Gasteiger partial charge in [-0.05, 0) is 73.4 Å². The van der Waals surface area contributed by atoms with Crippen LogP contribution in [-0.2, 0) is 9.59 Å².